The summed E-state index contributed by atoms with van der Waals surface area (Å²) in [5.74, 6) is 0.227. The van der Waals surface area contributed by atoms with E-state index >= 15 is 0 Å². The van der Waals surface area contributed by atoms with Gasteiger partial charge in [-0.1, -0.05) is 19.9 Å². The van der Waals surface area contributed by atoms with Gasteiger partial charge in [0, 0.05) is 12.1 Å². The molecular formula is C16H26N2O. The van der Waals surface area contributed by atoms with Crippen molar-refractivity contribution < 1.29 is 4.79 Å². The van der Waals surface area contributed by atoms with Crippen molar-refractivity contribution in [1.29, 1.82) is 0 Å². The van der Waals surface area contributed by atoms with E-state index in [1.807, 2.05) is 19.1 Å². The average molecular weight is 262 g/mol. The maximum absolute atomic E-state index is 11.5. The number of carbonyl (C=O) groups excluding carboxylic acids is 1. The SMILES string of the molecule is CCCC(=O)c1cc2c([nH]1)C=CC2.CCCN(C)C. The van der Waals surface area contributed by atoms with Gasteiger partial charge in [-0.05, 0) is 57.6 Å². The molecule has 0 aromatic carbocycles. The maximum Gasteiger partial charge on any atom is 0.179 e. The Bertz CT molecular complexity index is 430. The van der Waals surface area contributed by atoms with Crippen LogP contribution in [0.15, 0.2) is 12.1 Å². The van der Waals surface area contributed by atoms with Crippen LogP contribution in [0.4, 0.5) is 0 Å². The highest BCUT2D eigenvalue weighted by Crippen LogP contribution is 2.20. The lowest BCUT2D eigenvalue weighted by molar-refractivity contribution is 0.0977. The first-order valence-electron chi connectivity index (χ1n) is 7.14. The van der Waals surface area contributed by atoms with Crippen molar-refractivity contribution in [3.05, 3.63) is 29.1 Å². The Labute approximate surface area is 116 Å². The molecule has 0 saturated carbocycles. The van der Waals surface area contributed by atoms with Crippen LogP contribution in [0.2, 0.25) is 0 Å². The number of hydrogen-bond acceptors (Lipinski definition) is 2. The van der Waals surface area contributed by atoms with Gasteiger partial charge in [-0.25, -0.2) is 0 Å². The third kappa shape index (κ3) is 5.03. The molecule has 1 aliphatic rings. The van der Waals surface area contributed by atoms with E-state index in [4.69, 9.17) is 0 Å². The van der Waals surface area contributed by atoms with E-state index in [0.29, 0.717) is 6.42 Å². The number of allylic oxidation sites excluding steroid dienone is 1. The van der Waals surface area contributed by atoms with Gasteiger partial charge in [-0.2, -0.15) is 0 Å². The van der Waals surface area contributed by atoms with Gasteiger partial charge in [0.1, 0.15) is 0 Å². The number of Topliss-reactive ketones (excluding diaryl/α,β-unsaturated/α-hetero) is 1. The van der Waals surface area contributed by atoms with Crippen LogP contribution in [-0.2, 0) is 6.42 Å². The number of H-pyrrole nitrogens is 1. The summed E-state index contributed by atoms with van der Waals surface area (Å²) in [6.07, 6.45) is 7.92. The lowest BCUT2D eigenvalue weighted by Crippen LogP contribution is -2.11. The second-order valence-electron chi connectivity index (χ2n) is 5.20. The standard InChI is InChI=1S/C11H13NO.C5H13N/c1-2-4-11(13)10-7-8-5-3-6-9(8)12-10;1-4-5-6(2)3/h3,6-7,12H,2,4-5H2,1H3;4-5H2,1-3H3. The summed E-state index contributed by atoms with van der Waals surface area (Å²) in [7, 11) is 4.17. The first-order chi connectivity index (χ1) is 9.08. The van der Waals surface area contributed by atoms with Crippen LogP contribution in [0.25, 0.3) is 6.08 Å². The fourth-order valence-electron chi connectivity index (χ4n) is 2.09. The van der Waals surface area contributed by atoms with Gasteiger partial charge >= 0.3 is 0 Å². The maximum atomic E-state index is 11.5. The van der Waals surface area contributed by atoms with Crippen LogP contribution in [0.1, 0.15) is 54.9 Å². The second-order valence-corrected chi connectivity index (χ2v) is 5.20. The molecule has 0 atom stereocenters. The molecule has 0 unspecified atom stereocenters. The van der Waals surface area contributed by atoms with Crippen molar-refractivity contribution in [2.75, 3.05) is 20.6 Å². The summed E-state index contributed by atoms with van der Waals surface area (Å²) in [6, 6.07) is 1.98. The molecule has 0 aliphatic heterocycles. The Hall–Kier alpha value is -1.35. The molecule has 0 saturated heterocycles. The van der Waals surface area contributed by atoms with E-state index in [9.17, 15) is 4.79 Å². The molecule has 1 aromatic heterocycles. The van der Waals surface area contributed by atoms with Crippen LogP contribution in [0.3, 0.4) is 0 Å². The van der Waals surface area contributed by atoms with Crippen molar-refractivity contribution in [3.63, 3.8) is 0 Å². The predicted molar refractivity (Wildman–Crippen MR) is 81.6 cm³/mol. The molecule has 3 heteroatoms. The normalized spacial score (nSPS) is 12.3. The quantitative estimate of drug-likeness (QED) is 0.824. The molecule has 0 amide bonds. The number of rotatable bonds is 5. The number of aromatic amines is 1. The first kappa shape index (κ1) is 15.7. The zero-order valence-electron chi connectivity index (χ0n) is 12.6. The molecule has 19 heavy (non-hydrogen) atoms. The minimum atomic E-state index is 0.227. The zero-order chi connectivity index (χ0) is 14.3. The summed E-state index contributed by atoms with van der Waals surface area (Å²) in [5, 5.41) is 0. The van der Waals surface area contributed by atoms with E-state index in [1.165, 1.54) is 18.5 Å². The first-order valence-corrected chi connectivity index (χ1v) is 7.14. The van der Waals surface area contributed by atoms with Crippen LogP contribution in [0.5, 0.6) is 0 Å². The zero-order valence-corrected chi connectivity index (χ0v) is 12.6. The molecule has 1 N–H and O–H groups in total. The van der Waals surface area contributed by atoms with Gasteiger partial charge < -0.3 is 9.88 Å². The topological polar surface area (TPSA) is 36.1 Å². The Morgan fingerprint density at radius 1 is 1.32 bits per heavy atom. The van der Waals surface area contributed by atoms with E-state index in [2.05, 4.69) is 37.0 Å². The molecule has 1 aliphatic carbocycles. The second kappa shape index (κ2) is 7.95. The highest BCUT2D eigenvalue weighted by Gasteiger charge is 2.13. The summed E-state index contributed by atoms with van der Waals surface area (Å²) < 4.78 is 0. The van der Waals surface area contributed by atoms with Gasteiger partial charge in [0.15, 0.2) is 5.78 Å². The van der Waals surface area contributed by atoms with Crippen molar-refractivity contribution in [2.24, 2.45) is 0 Å². The Morgan fingerprint density at radius 3 is 2.53 bits per heavy atom. The predicted octanol–water partition coefficient (Wildman–Crippen LogP) is 3.52. The highest BCUT2D eigenvalue weighted by molar-refractivity contribution is 5.95. The number of carbonyl (C=O) groups is 1. The van der Waals surface area contributed by atoms with Gasteiger partial charge in [0.25, 0.3) is 0 Å². The van der Waals surface area contributed by atoms with Crippen LogP contribution < -0.4 is 0 Å². The summed E-state index contributed by atoms with van der Waals surface area (Å²) >= 11 is 0. The summed E-state index contributed by atoms with van der Waals surface area (Å²) in [6.45, 7) is 5.41. The molecule has 1 heterocycles. The number of hydrogen-bond donors (Lipinski definition) is 1. The number of nitrogens with zero attached hydrogens (tertiary/aromatic N) is 1. The minimum Gasteiger partial charge on any atom is -0.352 e. The average Bonchev–Trinajstić information content (AvgIpc) is 2.89. The highest BCUT2D eigenvalue weighted by atomic mass is 16.1. The number of ketones is 1. The minimum absolute atomic E-state index is 0.227. The van der Waals surface area contributed by atoms with E-state index in [1.54, 1.807) is 0 Å². The molecule has 106 valence electrons. The molecule has 0 spiro atoms. The lowest BCUT2D eigenvalue weighted by atomic mass is 10.1. The lowest BCUT2D eigenvalue weighted by Gasteiger charge is -2.03. The van der Waals surface area contributed by atoms with Gasteiger partial charge in [-0.3, -0.25) is 4.79 Å². The van der Waals surface area contributed by atoms with E-state index in [0.717, 1.165) is 24.2 Å². The number of fused-ring (bicyclic) bond motifs is 1. The Kier molecular flexibility index (Phi) is 6.57. The Morgan fingerprint density at radius 2 is 2.05 bits per heavy atom. The third-order valence-corrected chi connectivity index (χ3v) is 3.00. The van der Waals surface area contributed by atoms with E-state index in [-0.39, 0.29) is 5.78 Å². The molecule has 2 rings (SSSR count). The summed E-state index contributed by atoms with van der Waals surface area (Å²) in [5.41, 5.74) is 3.13. The molecule has 1 aromatic rings. The molecule has 0 fully saturated rings. The van der Waals surface area contributed by atoms with Crippen LogP contribution in [-0.4, -0.2) is 36.3 Å². The number of nitrogens with one attached hydrogen (secondary N) is 1. The third-order valence-electron chi connectivity index (χ3n) is 3.00. The van der Waals surface area contributed by atoms with Crippen molar-refractivity contribution >= 4 is 11.9 Å². The van der Waals surface area contributed by atoms with Crippen LogP contribution >= 0.6 is 0 Å². The largest absolute Gasteiger partial charge is 0.352 e. The molecule has 0 radical (unpaired) electrons. The fourth-order valence-corrected chi connectivity index (χ4v) is 2.09. The molecular weight excluding hydrogens is 236 g/mol. The summed E-state index contributed by atoms with van der Waals surface area (Å²) in [4.78, 5) is 16.8. The van der Waals surface area contributed by atoms with Gasteiger partial charge in [0.05, 0.1) is 5.69 Å². The van der Waals surface area contributed by atoms with Crippen molar-refractivity contribution in [2.45, 2.75) is 39.5 Å². The van der Waals surface area contributed by atoms with Gasteiger partial charge in [0.2, 0.25) is 0 Å². The van der Waals surface area contributed by atoms with Crippen LogP contribution in [0, 0.1) is 0 Å². The van der Waals surface area contributed by atoms with Crippen molar-refractivity contribution in [1.82, 2.24) is 9.88 Å². The molecule has 3 nitrogen and oxygen atoms in total. The van der Waals surface area contributed by atoms with Crippen molar-refractivity contribution in [3.8, 4) is 0 Å². The molecule has 0 bridgehead atoms. The number of aromatic nitrogens is 1. The van der Waals surface area contributed by atoms with E-state index < -0.39 is 0 Å². The van der Waals surface area contributed by atoms with Gasteiger partial charge in [-0.15, -0.1) is 0 Å². The Balaban J connectivity index is 0.000000258. The monoisotopic (exact) mass is 262 g/mol. The smallest absolute Gasteiger partial charge is 0.179 e. The fraction of sp³-hybridized carbons (Fsp3) is 0.562.